The molecular formula is C26H22N2O7S. The predicted octanol–water partition coefficient (Wildman–Crippen LogP) is 3.96. The van der Waals surface area contributed by atoms with Gasteiger partial charge in [0.05, 0.1) is 12.8 Å². The lowest BCUT2D eigenvalue weighted by Gasteiger charge is -2.30. The summed E-state index contributed by atoms with van der Waals surface area (Å²) >= 11 is 5.30. The summed E-state index contributed by atoms with van der Waals surface area (Å²) in [6.45, 7) is 1.95. The lowest BCUT2D eigenvalue weighted by molar-refractivity contribution is -0.122. The third kappa shape index (κ3) is 4.98. The molecule has 1 fully saturated rings. The number of furan rings is 1. The highest BCUT2D eigenvalue weighted by Crippen LogP contribution is 2.31. The topological polar surface area (TPSA) is 118 Å². The minimum absolute atomic E-state index is 0.0196. The van der Waals surface area contributed by atoms with E-state index in [4.69, 9.17) is 31.2 Å². The zero-order valence-corrected chi connectivity index (χ0v) is 20.3. The second-order valence-corrected chi connectivity index (χ2v) is 8.10. The Hall–Kier alpha value is -4.44. The van der Waals surface area contributed by atoms with Gasteiger partial charge in [0.15, 0.2) is 16.6 Å². The molecule has 0 saturated carbocycles. The van der Waals surface area contributed by atoms with E-state index in [-0.39, 0.29) is 23.1 Å². The van der Waals surface area contributed by atoms with Crippen LogP contribution in [0.4, 0.5) is 5.69 Å². The van der Waals surface area contributed by atoms with Gasteiger partial charge in [0.25, 0.3) is 11.8 Å². The van der Waals surface area contributed by atoms with E-state index >= 15 is 0 Å². The molecule has 10 heteroatoms. The highest BCUT2D eigenvalue weighted by Gasteiger charge is 2.35. The first-order valence-electron chi connectivity index (χ1n) is 10.9. The van der Waals surface area contributed by atoms with E-state index in [0.29, 0.717) is 34.9 Å². The maximum absolute atomic E-state index is 13.4. The van der Waals surface area contributed by atoms with E-state index in [1.807, 2.05) is 19.1 Å². The number of anilines is 1. The Morgan fingerprint density at radius 2 is 1.92 bits per heavy atom. The molecule has 0 spiro atoms. The number of amides is 2. The monoisotopic (exact) mass is 506 g/mol. The summed E-state index contributed by atoms with van der Waals surface area (Å²) in [6.07, 6.45) is 2.14. The van der Waals surface area contributed by atoms with Gasteiger partial charge in [0.2, 0.25) is 5.76 Å². The van der Waals surface area contributed by atoms with E-state index in [9.17, 15) is 14.4 Å². The number of hydrogen-bond acceptors (Lipinski definition) is 7. The van der Waals surface area contributed by atoms with Gasteiger partial charge >= 0.3 is 5.97 Å². The molecule has 9 nitrogen and oxygen atoms in total. The van der Waals surface area contributed by atoms with Gasteiger partial charge in [-0.1, -0.05) is 31.2 Å². The molecule has 4 rings (SSSR count). The van der Waals surface area contributed by atoms with Gasteiger partial charge in [0, 0.05) is 0 Å². The summed E-state index contributed by atoms with van der Waals surface area (Å²) in [5.74, 6) is -1.44. The summed E-state index contributed by atoms with van der Waals surface area (Å²) in [6, 6.07) is 15.1. The Morgan fingerprint density at radius 3 is 2.61 bits per heavy atom. The van der Waals surface area contributed by atoms with Crippen LogP contribution >= 0.6 is 12.2 Å². The van der Waals surface area contributed by atoms with Crippen LogP contribution < -0.4 is 19.7 Å². The SMILES string of the molecule is CCc1ccccc1N1C(=O)/C(=C/c2ccc(OCc3ccc(C(=O)O)o3)c(OC)c2)C(=O)NC1=S. The third-order valence-electron chi connectivity index (χ3n) is 5.46. The van der Waals surface area contributed by atoms with Gasteiger partial charge in [0.1, 0.15) is 17.9 Å². The molecule has 2 amide bonds. The number of hydrogen-bond donors (Lipinski definition) is 2. The van der Waals surface area contributed by atoms with Crippen molar-refractivity contribution < 1.29 is 33.4 Å². The van der Waals surface area contributed by atoms with Crippen LogP contribution in [0.15, 0.2) is 64.6 Å². The smallest absolute Gasteiger partial charge is 0.371 e. The normalized spacial score (nSPS) is 14.7. The molecule has 2 heterocycles. The van der Waals surface area contributed by atoms with Crippen LogP contribution in [0, 0.1) is 0 Å². The Bertz CT molecular complexity index is 1390. The molecule has 3 aromatic rings. The number of para-hydroxylation sites is 1. The molecule has 0 atom stereocenters. The molecule has 0 aliphatic carbocycles. The number of methoxy groups -OCH3 is 1. The number of rotatable bonds is 8. The van der Waals surface area contributed by atoms with E-state index in [2.05, 4.69) is 5.32 Å². The zero-order chi connectivity index (χ0) is 25.8. The van der Waals surface area contributed by atoms with E-state index in [1.165, 1.54) is 30.2 Å². The predicted molar refractivity (Wildman–Crippen MR) is 135 cm³/mol. The lowest BCUT2D eigenvalue weighted by Crippen LogP contribution is -2.54. The van der Waals surface area contributed by atoms with Crippen molar-refractivity contribution in [3.8, 4) is 11.5 Å². The first-order chi connectivity index (χ1) is 17.3. The number of aryl methyl sites for hydroxylation is 1. The minimum atomic E-state index is -1.17. The first-order valence-corrected chi connectivity index (χ1v) is 11.4. The van der Waals surface area contributed by atoms with Crippen LogP contribution in [-0.2, 0) is 22.6 Å². The Kier molecular flexibility index (Phi) is 7.16. The molecule has 0 radical (unpaired) electrons. The number of nitrogens with one attached hydrogen (secondary N) is 1. The van der Waals surface area contributed by atoms with Crippen LogP contribution in [0.5, 0.6) is 11.5 Å². The summed E-state index contributed by atoms with van der Waals surface area (Å²) in [5, 5.41) is 11.6. The molecule has 184 valence electrons. The number of ether oxygens (including phenoxy) is 2. The molecule has 2 N–H and O–H groups in total. The number of carbonyl (C=O) groups excluding carboxylic acids is 2. The van der Waals surface area contributed by atoms with Gasteiger partial charge in [-0.25, -0.2) is 4.79 Å². The van der Waals surface area contributed by atoms with Gasteiger partial charge in [-0.3, -0.25) is 19.8 Å². The van der Waals surface area contributed by atoms with Crippen molar-refractivity contribution in [3.63, 3.8) is 0 Å². The lowest BCUT2D eigenvalue weighted by atomic mass is 10.0. The van der Waals surface area contributed by atoms with Crippen LogP contribution in [0.1, 0.15) is 34.4 Å². The van der Waals surface area contributed by atoms with Gasteiger partial charge in [-0.2, -0.15) is 0 Å². The quantitative estimate of drug-likeness (QED) is 0.268. The third-order valence-corrected chi connectivity index (χ3v) is 5.74. The average molecular weight is 507 g/mol. The van der Waals surface area contributed by atoms with Crippen LogP contribution in [0.3, 0.4) is 0 Å². The highest BCUT2D eigenvalue weighted by atomic mass is 32.1. The largest absolute Gasteiger partial charge is 0.493 e. The number of nitrogens with zero attached hydrogens (tertiary/aromatic N) is 1. The highest BCUT2D eigenvalue weighted by molar-refractivity contribution is 7.80. The molecule has 1 aliphatic heterocycles. The average Bonchev–Trinajstić information content (AvgIpc) is 3.35. The Balaban J connectivity index is 1.59. The van der Waals surface area contributed by atoms with Gasteiger partial charge in [-0.15, -0.1) is 0 Å². The van der Waals surface area contributed by atoms with Crippen molar-refractivity contribution in [2.24, 2.45) is 0 Å². The van der Waals surface area contributed by atoms with Crippen molar-refractivity contribution >= 4 is 46.9 Å². The number of carbonyl (C=O) groups is 3. The van der Waals surface area contributed by atoms with Crippen molar-refractivity contribution in [3.05, 3.63) is 82.8 Å². The van der Waals surface area contributed by atoms with E-state index in [1.54, 1.807) is 30.3 Å². The van der Waals surface area contributed by atoms with Gasteiger partial charge in [-0.05, 0) is 66.2 Å². The van der Waals surface area contributed by atoms with Crippen LogP contribution in [-0.4, -0.2) is 35.1 Å². The summed E-state index contributed by atoms with van der Waals surface area (Å²) in [5.41, 5.74) is 1.98. The standard InChI is InChI=1S/C26H22N2O7S/c1-3-16-6-4-5-7-19(16)28-24(30)18(23(29)27-26(28)36)12-15-8-10-20(22(13-15)33-2)34-14-17-9-11-21(35-17)25(31)32/h4-13H,3,14H2,1-2H3,(H,31,32)(H,27,29,36)/b18-12+. The minimum Gasteiger partial charge on any atom is -0.493 e. The van der Waals surface area contributed by atoms with Crippen LogP contribution in [0.2, 0.25) is 0 Å². The second kappa shape index (κ2) is 10.4. The van der Waals surface area contributed by atoms with Crippen molar-refractivity contribution in [2.75, 3.05) is 12.0 Å². The fourth-order valence-electron chi connectivity index (χ4n) is 3.68. The number of carboxylic acids is 1. The Labute approximate surface area is 211 Å². The van der Waals surface area contributed by atoms with E-state index in [0.717, 1.165) is 5.56 Å². The Morgan fingerprint density at radius 1 is 1.14 bits per heavy atom. The molecule has 36 heavy (non-hydrogen) atoms. The molecular weight excluding hydrogens is 484 g/mol. The molecule has 2 aromatic carbocycles. The van der Waals surface area contributed by atoms with Gasteiger partial charge < -0.3 is 19.0 Å². The number of carboxylic acid groups (broad SMARTS) is 1. The van der Waals surface area contributed by atoms with Crippen molar-refractivity contribution in [1.82, 2.24) is 5.32 Å². The number of aromatic carboxylic acids is 1. The van der Waals surface area contributed by atoms with Crippen molar-refractivity contribution in [1.29, 1.82) is 0 Å². The number of benzene rings is 2. The van der Waals surface area contributed by atoms with Crippen molar-refractivity contribution in [2.45, 2.75) is 20.0 Å². The summed E-state index contributed by atoms with van der Waals surface area (Å²) in [7, 11) is 1.45. The molecule has 1 aliphatic rings. The maximum atomic E-state index is 13.4. The molecule has 1 aromatic heterocycles. The van der Waals surface area contributed by atoms with Crippen LogP contribution in [0.25, 0.3) is 6.08 Å². The molecule has 1 saturated heterocycles. The summed E-state index contributed by atoms with van der Waals surface area (Å²) < 4.78 is 16.3. The molecule has 0 bridgehead atoms. The zero-order valence-electron chi connectivity index (χ0n) is 19.4. The first kappa shape index (κ1) is 24.7. The molecule has 0 unspecified atom stereocenters. The fourth-order valence-corrected chi connectivity index (χ4v) is 3.96. The summed E-state index contributed by atoms with van der Waals surface area (Å²) in [4.78, 5) is 38.3. The second-order valence-electron chi connectivity index (χ2n) is 7.71. The number of thiocarbonyl (C=S) groups is 1. The maximum Gasteiger partial charge on any atom is 0.371 e. The van der Waals surface area contributed by atoms with E-state index < -0.39 is 17.8 Å². The fraction of sp³-hybridized carbons (Fsp3) is 0.154.